The van der Waals surface area contributed by atoms with Crippen molar-refractivity contribution < 1.29 is 14.7 Å². The number of carbonyl (C=O) groups excluding carboxylic acids is 2. The van der Waals surface area contributed by atoms with Crippen LogP contribution >= 0.6 is 0 Å². The Hall–Kier alpha value is -2.14. The van der Waals surface area contributed by atoms with Gasteiger partial charge in [0.15, 0.2) is 0 Å². The van der Waals surface area contributed by atoms with Crippen LogP contribution in [-0.4, -0.2) is 29.6 Å². The fourth-order valence-electron chi connectivity index (χ4n) is 1.61. The van der Waals surface area contributed by atoms with Gasteiger partial charge in [-0.25, -0.2) is 0 Å². The molecule has 0 aliphatic heterocycles. The van der Waals surface area contributed by atoms with E-state index in [9.17, 15) is 9.59 Å². The Balaban J connectivity index is 2.53. The maximum atomic E-state index is 11.6. The first-order valence-corrected chi connectivity index (χ1v) is 6.48. The van der Waals surface area contributed by atoms with Crippen LogP contribution in [0.1, 0.15) is 25.8 Å². The summed E-state index contributed by atoms with van der Waals surface area (Å²) in [5.74, 6) is -0.317. The largest absolute Gasteiger partial charge is 0.396 e. The molecule has 5 nitrogen and oxygen atoms in total. The third-order valence-corrected chi connectivity index (χ3v) is 2.61. The summed E-state index contributed by atoms with van der Waals surface area (Å²) in [5, 5.41) is 14.2. The number of hydrogen-bond donors (Lipinski definition) is 3. The summed E-state index contributed by atoms with van der Waals surface area (Å²) in [5.41, 5.74) is 1.58. The number of amides is 2. The van der Waals surface area contributed by atoms with Gasteiger partial charge >= 0.3 is 0 Å². The van der Waals surface area contributed by atoms with Gasteiger partial charge < -0.3 is 15.7 Å². The molecule has 0 fully saturated rings. The van der Waals surface area contributed by atoms with Crippen molar-refractivity contribution in [1.29, 1.82) is 0 Å². The third-order valence-electron chi connectivity index (χ3n) is 2.61. The summed E-state index contributed by atoms with van der Waals surface area (Å²) < 4.78 is 0. The van der Waals surface area contributed by atoms with Crippen LogP contribution in [0.25, 0.3) is 6.08 Å². The minimum Gasteiger partial charge on any atom is -0.396 e. The van der Waals surface area contributed by atoms with Crippen LogP contribution in [0.2, 0.25) is 0 Å². The lowest BCUT2D eigenvalue weighted by Gasteiger charge is -2.09. The average Bonchev–Trinajstić information content (AvgIpc) is 2.37. The summed E-state index contributed by atoms with van der Waals surface area (Å²) in [6.07, 6.45) is 3.67. The van der Waals surface area contributed by atoms with Gasteiger partial charge in [0.25, 0.3) is 0 Å². The molecule has 0 bridgehead atoms. The van der Waals surface area contributed by atoms with Crippen molar-refractivity contribution in [2.45, 2.75) is 26.3 Å². The van der Waals surface area contributed by atoms with Crippen LogP contribution in [0, 0.1) is 0 Å². The molecule has 108 valence electrons. The molecule has 5 heteroatoms. The summed E-state index contributed by atoms with van der Waals surface area (Å²) in [6.45, 7) is 3.34. The topological polar surface area (TPSA) is 78.4 Å². The van der Waals surface area contributed by atoms with E-state index in [4.69, 9.17) is 5.11 Å². The van der Waals surface area contributed by atoms with Crippen LogP contribution < -0.4 is 10.6 Å². The fraction of sp³-hybridized carbons (Fsp3) is 0.333. The van der Waals surface area contributed by atoms with E-state index in [1.807, 2.05) is 19.1 Å². The molecule has 0 spiro atoms. The van der Waals surface area contributed by atoms with E-state index in [2.05, 4.69) is 10.6 Å². The molecule has 1 atom stereocenters. The molecule has 1 unspecified atom stereocenters. The van der Waals surface area contributed by atoms with Gasteiger partial charge in [-0.1, -0.05) is 12.1 Å². The predicted octanol–water partition coefficient (Wildman–Crippen LogP) is 1.55. The second-order valence-corrected chi connectivity index (χ2v) is 4.56. The number of aliphatic hydroxyl groups is 1. The molecule has 0 aliphatic rings. The summed E-state index contributed by atoms with van der Waals surface area (Å²) in [6, 6.07) is 7.11. The van der Waals surface area contributed by atoms with Crippen LogP contribution in [0.4, 0.5) is 5.69 Å². The molecule has 0 saturated carbocycles. The lowest BCUT2D eigenvalue weighted by molar-refractivity contribution is -0.117. The molecule has 2 amide bonds. The minimum absolute atomic E-state index is 0.0514. The standard InChI is InChI=1S/C15H20N2O3/c1-11(9-10-18)16-15(20)8-5-13-3-6-14(7-4-13)17-12(2)19/h3-8,11,18H,9-10H2,1-2H3,(H,16,20)(H,17,19)/b8-5+. The predicted molar refractivity (Wildman–Crippen MR) is 79.1 cm³/mol. The zero-order chi connectivity index (χ0) is 15.0. The van der Waals surface area contributed by atoms with Gasteiger partial charge in [0.1, 0.15) is 0 Å². The Morgan fingerprint density at radius 2 is 1.95 bits per heavy atom. The highest BCUT2D eigenvalue weighted by atomic mass is 16.3. The van der Waals surface area contributed by atoms with Gasteiger partial charge in [-0.2, -0.15) is 0 Å². The highest BCUT2D eigenvalue weighted by molar-refractivity contribution is 5.92. The van der Waals surface area contributed by atoms with Crippen LogP contribution in [0.3, 0.4) is 0 Å². The van der Waals surface area contributed by atoms with Crippen LogP contribution in [-0.2, 0) is 9.59 Å². The summed E-state index contributed by atoms with van der Waals surface area (Å²) in [7, 11) is 0. The van der Waals surface area contributed by atoms with Crippen molar-refractivity contribution in [1.82, 2.24) is 5.32 Å². The molecular weight excluding hydrogens is 256 g/mol. The van der Waals surface area contributed by atoms with Crippen molar-refractivity contribution >= 4 is 23.6 Å². The van der Waals surface area contributed by atoms with Crippen molar-refractivity contribution in [3.8, 4) is 0 Å². The Morgan fingerprint density at radius 3 is 2.50 bits per heavy atom. The first-order valence-electron chi connectivity index (χ1n) is 6.48. The molecule has 0 saturated heterocycles. The number of aliphatic hydroxyl groups excluding tert-OH is 1. The molecule has 1 aromatic rings. The molecule has 0 aliphatic carbocycles. The molecule has 3 N–H and O–H groups in total. The van der Waals surface area contributed by atoms with E-state index in [-0.39, 0.29) is 24.5 Å². The summed E-state index contributed by atoms with van der Waals surface area (Å²) in [4.78, 5) is 22.5. The average molecular weight is 276 g/mol. The van der Waals surface area contributed by atoms with Gasteiger partial charge in [0, 0.05) is 31.3 Å². The van der Waals surface area contributed by atoms with Crippen molar-refractivity contribution in [3.05, 3.63) is 35.9 Å². The SMILES string of the molecule is CC(=O)Nc1ccc(/C=C/C(=O)NC(C)CCO)cc1. The molecule has 1 rings (SSSR count). The second kappa shape index (κ2) is 8.12. The van der Waals surface area contributed by atoms with Gasteiger partial charge in [-0.15, -0.1) is 0 Å². The van der Waals surface area contributed by atoms with Crippen molar-refractivity contribution in [3.63, 3.8) is 0 Å². The van der Waals surface area contributed by atoms with Crippen molar-refractivity contribution in [2.24, 2.45) is 0 Å². The van der Waals surface area contributed by atoms with Crippen LogP contribution in [0.5, 0.6) is 0 Å². The van der Waals surface area contributed by atoms with E-state index in [1.54, 1.807) is 18.2 Å². The first kappa shape index (κ1) is 15.9. The fourth-order valence-corrected chi connectivity index (χ4v) is 1.61. The lowest BCUT2D eigenvalue weighted by Crippen LogP contribution is -2.31. The molecule has 20 heavy (non-hydrogen) atoms. The Kier molecular flexibility index (Phi) is 6.46. The third kappa shape index (κ3) is 6.15. The lowest BCUT2D eigenvalue weighted by atomic mass is 10.2. The van der Waals surface area contributed by atoms with Gasteiger partial charge in [-0.05, 0) is 37.1 Å². The van der Waals surface area contributed by atoms with Gasteiger partial charge in [-0.3, -0.25) is 9.59 Å². The Bertz CT molecular complexity index is 480. The van der Waals surface area contributed by atoms with E-state index in [1.165, 1.54) is 13.0 Å². The number of nitrogens with one attached hydrogen (secondary N) is 2. The maximum absolute atomic E-state index is 11.6. The highest BCUT2D eigenvalue weighted by Gasteiger charge is 2.03. The molecular formula is C15H20N2O3. The van der Waals surface area contributed by atoms with Crippen molar-refractivity contribution in [2.75, 3.05) is 11.9 Å². The van der Waals surface area contributed by atoms with E-state index >= 15 is 0 Å². The number of rotatable bonds is 6. The summed E-state index contributed by atoms with van der Waals surface area (Å²) >= 11 is 0. The zero-order valence-electron chi connectivity index (χ0n) is 11.7. The Morgan fingerprint density at radius 1 is 1.30 bits per heavy atom. The van der Waals surface area contributed by atoms with Gasteiger partial charge in [0.2, 0.25) is 11.8 Å². The monoisotopic (exact) mass is 276 g/mol. The maximum Gasteiger partial charge on any atom is 0.244 e. The van der Waals surface area contributed by atoms with E-state index in [0.717, 1.165) is 11.3 Å². The minimum atomic E-state index is -0.197. The molecule has 0 radical (unpaired) electrons. The van der Waals surface area contributed by atoms with E-state index < -0.39 is 0 Å². The number of hydrogen-bond acceptors (Lipinski definition) is 3. The van der Waals surface area contributed by atoms with Crippen LogP contribution in [0.15, 0.2) is 30.3 Å². The first-order chi connectivity index (χ1) is 9.51. The second-order valence-electron chi connectivity index (χ2n) is 4.56. The number of carbonyl (C=O) groups is 2. The molecule has 1 aromatic carbocycles. The number of anilines is 1. The number of benzene rings is 1. The highest BCUT2D eigenvalue weighted by Crippen LogP contribution is 2.10. The van der Waals surface area contributed by atoms with Gasteiger partial charge in [0.05, 0.1) is 0 Å². The quantitative estimate of drug-likeness (QED) is 0.690. The normalized spacial score (nSPS) is 12.2. The smallest absolute Gasteiger partial charge is 0.244 e. The molecule has 0 aromatic heterocycles. The zero-order valence-corrected chi connectivity index (χ0v) is 11.7. The Labute approximate surface area is 118 Å². The molecule has 0 heterocycles. The van der Waals surface area contributed by atoms with E-state index in [0.29, 0.717) is 6.42 Å².